The fourth-order valence-electron chi connectivity index (χ4n) is 4.30. The van der Waals surface area contributed by atoms with Crippen LogP contribution >= 0.6 is 0 Å². The van der Waals surface area contributed by atoms with E-state index in [0.29, 0.717) is 42.2 Å². The van der Waals surface area contributed by atoms with Crippen molar-refractivity contribution in [2.45, 2.75) is 51.6 Å². The van der Waals surface area contributed by atoms with Crippen LogP contribution in [0.15, 0.2) is 59.2 Å². The molecule has 44 heavy (non-hydrogen) atoms. The number of furan rings is 1. The molecule has 3 aromatic rings. The molecule has 0 saturated carbocycles. The normalized spacial score (nSPS) is 12.4. The molecule has 1 unspecified atom stereocenters. The Kier molecular flexibility index (Phi) is 11.2. The minimum absolute atomic E-state index is 0.0312. The van der Waals surface area contributed by atoms with Gasteiger partial charge in [0.25, 0.3) is 0 Å². The van der Waals surface area contributed by atoms with Crippen LogP contribution in [0.5, 0.6) is 11.5 Å². The van der Waals surface area contributed by atoms with Crippen molar-refractivity contribution in [1.29, 1.82) is 0 Å². The Hall–Kier alpha value is -4.36. The fraction of sp³-hybridized carbons (Fsp3) is 0.400. The summed E-state index contributed by atoms with van der Waals surface area (Å²) in [7, 11) is 2.99. The molecule has 2 aromatic carbocycles. The number of nitrogens with zero attached hydrogens (tertiary/aromatic N) is 2. The number of anilines is 1. The van der Waals surface area contributed by atoms with Crippen LogP contribution in [-0.2, 0) is 30.1 Å². The number of urea groups is 1. The SMILES string of the molecule is CCC(C)N(CC(=O)N(CCc1ccc(OC)c(OC)c1)Cc1ccco1)C(=O)Nc1cc(C(F)(F)F)cc(C(F)(F)F)c1. The third-order valence-electron chi connectivity index (χ3n) is 6.93. The van der Waals surface area contributed by atoms with E-state index in [1.807, 2.05) is 0 Å². The summed E-state index contributed by atoms with van der Waals surface area (Å²) >= 11 is 0. The highest BCUT2D eigenvalue weighted by atomic mass is 19.4. The monoisotopic (exact) mass is 629 g/mol. The predicted octanol–water partition coefficient (Wildman–Crippen LogP) is 7.24. The molecule has 1 aromatic heterocycles. The van der Waals surface area contributed by atoms with Crippen LogP contribution in [0, 0.1) is 0 Å². The average molecular weight is 630 g/mol. The molecule has 0 aliphatic heterocycles. The van der Waals surface area contributed by atoms with Crippen molar-refractivity contribution in [1.82, 2.24) is 9.80 Å². The molecule has 0 aliphatic rings. The largest absolute Gasteiger partial charge is 0.493 e. The molecule has 1 heterocycles. The Morgan fingerprint density at radius 2 is 1.57 bits per heavy atom. The summed E-state index contributed by atoms with van der Waals surface area (Å²) in [6, 6.07) is 7.78. The zero-order valence-corrected chi connectivity index (χ0v) is 24.5. The standard InChI is InChI=1S/C30H33F6N3O5/c1-5-19(2)39(28(41)37-23-15-21(29(31,32)33)14-22(16-23)30(34,35)36)18-27(40)38(17-24-7-6-12-44-24)11-10-20-8-9-25(42-3)26(13-20)43-4/h6-9,12-16,19H,5,10-11,17-18H2,1-4H3,(H,37,41). The molecule has 8 nitrogen and oxygen atoms in total. The minimum Gasteiger partial charge on any atom is -0.493 e. The van der Waals surface area contributed by atoms with E-state index in [-0.39, 0.29) is 19.2 Å². The first-order chi connectivity index (χ1) is 20.7. The maximum Gasteiger partial charge on any atom is 0.416 e. The molecule has 14 heteroatoms. The van der Waals surface area contributed by atoms with Crippen molar-refractivity contribution in [2.24, 2.45) is 0 Å². The van der Waals surface area contributed by atoms with Gasteiger partial charge < -0.3 is 29.0 Å². The predicted molar refractivity (Wildman–Crippen MR) is 149 cm³/mol. The van der Waals surface area contributed by atoms with E-state index in [9.17, 15) is 35.9 Å². The Morgan fingerprint density at radius 1 is 0.932 bits per heavy atom. The molecule has 240 valence electrons. The van der Waals surface area contributed by atoms with Gasteiger partial charge >= 0.3 is 18.4 Å². The molecule has 0 fully saturated rings. The quantitative estimate of drug-likeness (QED) is 0.214. The van der Waals surface area contributed by atoms with Gasteiger partial charge in [-0.25, -0.2) is 4.79 Å². The Balaban J connectivity index is 1.85. The number of ether oxygens (including phenoxy) is 2. The maximum atomic E-state index is 13.6. The molecule has 0 bridgehead atoms. The van der Waals surface area contributed by atoms with Gasteiger partial charge in [0, 0.05) is 18.3 Å². The first-order valence-electron chi connectivity index (χ1n) is 13.5. The average Bonchev–Trinajstić information content (AvgIpc) is 3.49. The number of nitrogens with one attached hydrogen (secondary N) is 1. The van der Waals surface area contributed by atoms with Gasteiger partial charge in [-0.3, -0.25) is 4.79 Å². The van der Waals surface area contributed by atoms with Crippen molar-refractivity contribution < 1.29 is 49.8 Å². The van der Waals surface area contributed by atoms with Crippen LogP contribution < -0.4 is 14.8 Å². The highest BCUT2D eigenvalue weighted by Gasteiger charge is 2.37. The lowest BCUT2D eigenvalue weighted by atomic mass is 10.1. The Labute approximate surface area is 250 Å². The number of carbonyl (C=O) groups excluding carboxylic acids is 2. The van der Waals surface area contributed by atoms with Crippen molar-refractivity contribution in [3.8, 4) is 11.5 Å². The fourth-order valence-corrected chi connectivity index (χ4v) is 4.30. The number of amides is 3. The van der Waals surface area contributed by atoms with E-state index in [1.54, 1.807) is 44.2 Å². The number of carbonyl (C=O) groups is 2. The van der Waals surface area contributed by atoms with E-state index in [0.717, 1.165) is 10.5 Å². The van der Waals surface area contributed by atoms with E-state index < -0.39 is 53.7 Å². The van der Waals surface area contributed by atoms with Gasteiger partial charge in [-0.05, 0) is 67.8 Å². The molecule has 1 atom stereocenters. The number of alkyl halides is 6. The van der Waals surface area contributed by atoms with Crippen LogP contribution in [0.2, 0.25) is 0 Å². The van der Waals surface area contributed by atoms with Crippen molar-refractivity contribution >= 4 is 17.6 Å². The second kappa shape index (κ2) is 14.4. The van der Waals surface area contributed by atoms with Gasteiger partial charge in [-0.15, -0.1) is 0 Å². The number of hydrogen-bond acceptors (Lipinski definition) is 5. The third kappa shape index (κ3) is 9.07. The second-order valence-corrected chi connectivity index (χ2v) is 9.94. The van der Waals surface area contributed by atoms with Gasteiger partial charge in [0.1, 0.15) is 12.3 Å². The summed E-state index contributed by atoms with van der Waals surface area (Å²) in [5.74, 6) is 0.973. The number of halogens is 6. The molecular weight excluding hydrogens is 596 g/mol. The van der Waals surface area contributed by atoms with Crippen molar-refractivity contribution in [3.05, 3.63) is 77.2 Å². The first-order valence-corrected chi connectivity index (χ1v) is 13.5. The molecule has 0 radical (unpaired) electrons. The van der Waals surface area contributed by atoms with Gasteiger partial charge in [0.15, 0.2) is 11.5 Å². The number of methoxy groups -OCH3 is 2. The van der Waals surface area contributed by atoms with Crippen LogP contribution in [0.1, 0.15) is 42.7 Å². The summed E-state index contributed by atoms with van der Waals surface area (Å²) in [4.78, 5) is 29.4. The lowest BCUT2D eigenvalue weighted by Crippen LogP contribution is -2.48. The van der Waals surface area contributed by atoms with Gasteiger partial charge in [0.05, 0.1) is 38.2 Å². The second-order valence-electron chi connectivity index (χ2n) is 9.94. The molecule has 0 spiro atoms. The van der Waals surface area contributed by atoms with E-state index in [4.69, 9.17) is 13.9 Å². The van der Waals surface area contributed by atoms with Crippen LogP contribution in [-0.4, -0.2) is 55.1 Å². The van der Waals surface area contributed by atoms with E-state index in [2.05, 4.69) is 5.32 Å². The summed E-state index contributed by atoms with van der Waals surface area (Å²) < 4.78 is 96.1. The molecule has 0 saturated heterocycles. The topological polar surface area (TPSA) is 84.2 Å². The molecule has 3 amide bonds. The highest BCUT2D eigenvalue weighted by molar-refractivity contribution is 5.92. The van der Waals surface area contributed by atoms with Crippen molar-refractivity contribution in [3.63, 3.8) is 0 Å². The number of hydrogen-bond donors (Lipinski definition) is 1. The van der Waals surface area contributed by atoms with E-state index in [1.165, 1.54) is 25.4 Å². The first kappa shape index (κ1) is 34.1. The lowest BCUT2D eigenvalue weighted by Gasteiger charge is -2.31. The number of rotatable bonds is 12. The summed E-state index contributed by atoms with van der Waals surface area (Å²) in [5.41, 5.74) is -3.04. The summed E-state index contributed by atoms with van der Waals surface area (Å²) in [5, 5.41) is 2.13. The van der Waals surface area contributed by atoms with Crippen LogP contribution in [0.3, 0.4) is 0 Å². The van der Waals surface area contributed by atoms with Gasteiger partial charge in [-0.2, -0.15) is 26.3 Å². The highest BCUT2D eigenvalue weighted by Crippen LogP contribution is 2.37. The Morgan fingerprint density at radius 3 is 2.09 bits per heavy atom. The molecule has 3 rings (SSSR count). The molecule has 1 N–H and O–H groups in total. The van der Waals surface area contributed by atoms with Crippen LogP contribution in [0.25, 0.3) is 0 Å². The third-order valence-corrected chi connectivity index (χ3v) is 6.93. The zero-order valence-electron chi connectivity index (χ0n) is 24.5. The summed E-state index contributed by atoms with van der Waals surface area (Å²) in [6.45, 7) is 3.07. The molecular formula is C30H33F6N3O5. The lowest BCUT2D eigenvalue weighted by molar-refractivity contribution is -0.143. The zero-order chi connectivity index (χ0) is 32.7. The van der Waals surface area contributed by atoms with E-state index >= 15 is 0 Å². The van der Waals surface area contributed by atoms with Gasteiger partial charge in [0.2, 0.25) is 5.91 Å². The Bertz CT molecular complexity index is 1380. The molecule has 0 aliphatic carbocycles. The number of benzene rings is 2. The summed E-state index contributed by atoms with van der Waals surface area (Å²) in [6.07, 6.45) is -8.01. The van der Waals surface area contributed by atoms with Crippen molar-refractivity contribution in [2.75, 3.05) is 32.6 Å². The van der Waals surface area contributed by atoms with Crippen LogP contribution in [0.4, 0.5) is 36.8 Å². The van der Waals surface area contributed by atoms with Gasteiger partial charge in [-0.1, -0.05) is 13.0 Å². The maximum absolute atomic E-state index is 13.6. The smallest absolute Gasteiger partial charge is 0.416 e. The minimum atomic E-state index is -5.09.